The fraction of sp³-hybridized carbons (Fsp3) is 0.318. The number of hydrogen-bond acceptors (Lipinski definition) is 6. The van der Waals surface area contributed by atoms with Crippen LogP contribution in [-0.2, 0) is 11.2 Å². The van der Waals surface area contributed by atoms with Gasteiger partial charge in [0.05, 0.1) is 40.4 Å². The van der Waals surface area contributed by atoms with E-state index < -0.39 is 0 Å². The van der Waals surface area contributed by atoms with Crippen LogP contribution in [0.4, 0.5) is 11.4 Å². The summed E-state index contributed by atoms with van der Waals surface area (Å²) in [5.41, 5.74) is 11.0. The van der Waals surface area contributed by atoms with Crippen LogP contribution in [0.25, 0.3) is 11.4 Å². The Morgan fingerprint density at radius 1 is 0.648 bits per heavy atom. The molecule has 4 saturated carbocycles. The summed E-state index contributed by atoms with van der Waals surface area (Å²) in [5, 5.41) is 15.6. The first kappa shape index (κ1) is 33.9. The van der Waals surface area contributed by atoms with Crippen molar-refractivity contribution in [1.82, 2.24) is 29.5 Å². The molecule has 4 aliphatic carbocycles. The molecule has 272 valence electrons. The van der Waals surface area contributed by atoms with Gasteiger partial charge in [-0.15, -0.1) is 0 Å². The molecule has 0 spiro atoms. The van der Waals surface area contributed by atoms with Gasteiger partial charge in [-0.1, -0.05) is 30.3 Å². The second-order valence-electron chi connectivity index (χ2n) is 15.2. The highest BCUT2D eigenvalue weighted by Crippen LogP contribution is 2.46. The van der Waals surface area contributed by atoms with E-state index in [2.05, 4.69) is 42.1 Å². The molecule has 0 radical (unpaired) electrons. The molecular weight excluding hydrogens is 673 g/mol. The SMILES string of the molecule is Cc1ncncc1C(=O)Nc1ccc(-n2nc(C3CC3)cc2C2CC2)cc1.O=C(Cc1ccccc1)Nc1ccc(-n2nc(C3CC3)cc2C2CC2)cc1. The lowest BCUT2D eigenvalue weighted by molar-refractivity contribution is -0.115. The van der Waals surface area contributed by atoms with Crippen molar-refractivity contribution < 1.29 is 9.59 Å². The Bertz CT molecular complexity index is 2280. The van der Waals surface area contributed by atoms with Gasteiger partial charge in [0.15, 0.2) is 0 Å². The van der Waals surface area contributed by atoms with E-state index in [0.29, 0.717) is 41.3 Å². The molecular formula is C44H44N8O2. The van der Waals surface area contributed by atoms with Crippen molar-refractivity contribution in [2.45, 2.75) is 88.4 Å². The molecule has 54 heavy (non-hydrogen) atoms. The average molecular weight is 717 g/mol. The molecule has 0 saturated heterocycles. The van der Waals surface area contributed by atoms with Gasteiger partial charge in [0, 0.05) is 52.6 Å². The van der Waals surface area contributed by atoms with E-state index in [0.717, 1.165) is 28.3 Å². The van der Waals surface area contributed by atoms with Crippen LogP contribution in [0.3, 0.4) is 0 Å². The zero-order valence-electron chi connectivity index (χ0n) is 30.5. The summed E-state index contributed by atoms with van der Waals surface area (Å²) >= 11 is 0. The van der Waals surface area contributed by atoms with Crippen molar-refractivity contribution >= 4 is 23.2 Å². The molecule has 3 heterocycles. The third-order valence-corrected chi connectivity index (χ3v) is 10.6. The minimum Gasteiger partial charge on any atom is -0.326 e. The molecule has 4 aliphatic rings. The smallest absolute Gasteiger partial charge is 0.259 e. The van der Waals surface area contributed by atoms with E-state index >= 15 is 0 Å². The molecule has 3 aromatic carbocycles. The van der Waals surface area contributed by atoms with Crippen molar-refractivity contribution in [3.8, 4) is 11.4 Å². The summed E-state index contributed by atoms with van der Waals surface area (Å²) in [4.78, 5) is 32.7. The van der Waals surface area contributed by atoms with Crippen molar-refractivity contribution in [3.63, 3.8) is 0 Å². The van der Waals surface area contributed by atoms with E-state index in [-0.39, 0.29) is 11.8 Å². The number of benzene rings is 3. The van der Waals surface area contributed by atoms with E-state index in [4.69, 9.17) is 10.2 Å². The zero-order valence-corrected chi connectivity index (χ0v) is 30.5. The molecule has 3 aromatic heterocycles. The van der Waals surface area contributed by atoms with Crippen LogP contribution in [0.1, 0.15) is 119 Å². The Labute approximate surface area is 315 Å². The van der Waals surface area contributed by atoms with Crippen LogP contribution >= 0.6 is 0 Å². The van der Waals surface area contributed by atoms with E-state index in [1.807, 2.05) is 78.9 Å². The average Bonchev–Trinajstić information content (AvgIpc) is 3.97. The third-order valence-electron chi connectivity index (χ3n) is 10.6. The number of anilines is 2. The van der Waals surface area contributed by atoms with E-state index in [1.165, 1.54) is 86.7 Å². The molecule has 2 amide bonds. The van der Waals surface area contributed by atoms with Crippen LogP contribution < -0.4 is 10.6 Å². The van der Waals surface area contributed by atoms with Crippen molar-refractivity contribution in [2.75, 3.05) is 10.6 Å². The number of hydrogen-bond donors (Lipinski definition) is 2. The maximum atomic E-state index is 12.4. The van der Waals surface area contributed by atoms with Gasteiger partial charge in [-0.05, 0) is 125 Å². The normalized spacial score (nSPS) is 16.3. The molecule has 2 N–H and O–H groups in total. The predicted molar refractivity (Wildman–Crippen MR) is 209 cm³/mol. The number of carbonyl (C=O) groups excluding carboxylic acids is 2. The van der Waals surface area contributed by atoms with Crippen LogP contribution in [-0.4, -0.2) is 41.3 Å². The first-order valence-corrected chi connectivity index (χ1v) is 19.3. The highest BCUT2D eigenvalue weighted by molar-refractivity contribution is 6.04. The number of carbonyl (C=O) groups is 2. The maximum absolute atomic E-state index is 12.4. The molecule has 0 unspecified atom stereocenters. The summed E-state index contributed by atoms with van der Waals surface area (Å²) in [7, 11) is 0. The first-order valence-electron chi connectivity index (χ1n) is 19.3. The summed E-state index contributed by atoms with van der Waals surface area (Å²) in [6.07, 6.45) is 13.5. The van der Waals surface area contributed by atoms with Crippen LogP contribution in [0.5, 0.6) is 0 Å². The summed E-state index contributed by atoms with van der Waals surface area (Å²) in [5.74, 6) is 2.43. The summed E-state index contributed by atoms with van der Waals surface area (Å²) in [6, 6.07) is 30.3. The Morgan fingerprint density at radius 3 is 1.63 bits per heavy atom. The maximum Gasteiger partial charge on any atom is 0.259 e. The lowest BCUT2D eigenvalue weighted by Crippen LogP contribution is -2.14. The molecule has 0 bridgehead atoms. The number of nitrogens with zero attached hydrogens (tertiary/aromatic N) is 6. The fourth-order valence-electron chi connectivity index (χ4n) is 6.91. The quantitative estimate of drug-likeness (QED) is 0.138. The topological polar surface area (TPSA) is 120 Å². The van der Waals surface area contributed by atoms with Gasteiger partial charge in [-0.2, -0.15) is 10.2 Å². The number of aromatic nitrogens is 6. The van der Waals surface area contributed by atoms with Crippen LogP contribution in [0.2, 0.25) is 0 Å². The van der Waals surface area contributed by atoms with Gasteiger partial charge in [-0.3, -0.25) is 9.59 Å². The molecule has 0 atom stereocenters. The lowest BCUT2D eigenvalue weighted by atomic mass is 10.1. The second-order valence-corrected chi connectivity index (χ2v) is 15.2. The second kappa shape index (κ2) is 14.5. The number of aryl methyl sites for hydroxylation is 1. The molecule has 10 heteroatoms. The highest BCUT2D eigenvalue weighted by atomic mass is 16.2. The number of rotatable bonds is 11. The van der Waals surface area contributed by atoms with Crippen molar-refractivity contribution in [1.29, 1.82) is 0 Å². The van der Waals surface area contributed by atoms with Crippen LogP contribution in [0, 0.1) is 6.92 Å². The van der Waals surface area contributed by atoms with Crippen molar-refractivity contribution in [3.05, 3.63) is 143 Å². The summed E-state index contributed by atoms with van der Waals surface area (Å²) in [6.45, 7) is 1.80. The number of nitrogens with one attached hydrogen (secondary N) is 2. The third kappa shape index (κ3) is 7.88. The Kier molecular flexibility index (Phi) is 9.10. The first-order chi connectivity index (χ1) is 26.4. The highest BCUT2D eigenvalue weighted by Gasteiger charge is 2.34. The minimum absolute atomic E-state index is 0.00253. The van der Waals surface area contributed by atoms with Gasteiger partial charge >= 0.3 is 0 Å². The molecule has 0 aliphatic heterocycles. The Morgan fingerprint density at radius 2 is 1.15 bits per heavy atom. The fourth-order valence-corrected chi connectivity index (χ4v) is 6.91. The minimum atomic E-state index is -0.199. The van der Waals surface area contributed by atoms with Crippen molar-refractivity contribution in [2.24, 2.45) is 0 Å². The van der Waals surface area contributed by atoms with Gasteiger partial charge in [0.2, 0.25) is 5.91 Å². The Balaban J connectivity index is 0.000000142. The van der Waals surface area contributed by atoms with Gasteiger partial charge < -0.3 is 10.6 Å². The monoisotopic (exact) mass is 716 g/mol. The van der Waals surface area contributed by atoms with E-state index in [9.17, 15) is 9.59 Å². The largest absolute Gasteiger partial charge is 0.326 e. The van der Waals surface area contributed by atoms with Gasteiger partial charge in [0.1, 0.15) is 6.33 Å². The molecule has 4 fully saturated rings. The van der Waals surface area contributed by atoms with Crippen LogP contribution in [0.15, 0.2) is 104 Å². The standard InChI is InChI=1S/C23H23N3O.C21H21N5O/c27-23(14-16-4-2-1-3-5-16)24-19-10-12-20(13-11-19)26-22(18-8-9-18)15-21(25-26)17-6-7-17;1-13-18(11-22-12-23-13)21(27)24-16-6-8-17(9-7-16)26-20(15-4-5-15)10-19(25-26)14-2-3-14/h1-5,10-13,15,17-18H,6-9,14H2,(H,24,27);6-12,14-15H,2-5H2,1H3,(H,24,27). The van der Waals surface area contributed by atoms with E-state index in [1.54, 1.807) is 6.92 Å². The lowest BCUT2D eigenvalue weighted by Gasteiger charge is -2.09. The zero-order chi connectivity index (χ0) is 36.6. The van der Waals surface area contributed by atoms with Gasteiger partial charge in [0.25, 0.3) is 5.91 Å². The predicted octanol–water partition coefficient (Wildman–Crippen LogP) is 8.79. The van der Waals surface area contributed by atoms with Gasteiger partial charge in [-0.25, -0.2) is 19.3 Å². The molecule has 6 aromatic rings. The summed E-state index contributed by atoms with van der Waals surface area (Å²) < 4.78 is 4.20. The molecule has 10 rings (SSSR count). The number of amides is 2. The molecule has 10 nitrogen and oxygen atoms in total. The Hall–Kier alpha value is -5.90.